The summed E-state index contributed by atoms with van der Waals surface area (Å²) in [4.78, 5) is 0. The van der Waals surface area contributed by atoms with Gasteiger partial charge < -0.3 is 10.5 Å². The lowest BCUT2D eigenvalue weighted by Crippen LogP contribution is -2.06. The molecule has 0 saturated carbocycles. The molecule has 2 rings (SSSR count). The van der Waals surface area contributed by atoms with Crippen molar-refractivity contribution in [2.45, 2.75) is 26.9 Å². The summed E-state index contributed by atoms with van der Waals surface area (Å²) in [6.45, 7) is 5.41. The molecule has 20 heavy (non-hydrogen) atoms. The Bertz CT molecular complexity index is 596. The lowest BCUT2D eigenvalue weighted by atomic mass is 10.1. The molecule has 0 unspecified atom stereocenters. The van der Waals surface area contributed by atoms with E-state index < -0.39 is 0 Å². The summed E-state index contributed by atoms with van der Waals surface area (Å²) in [5, 5.41) is 0. The van der Waals surface area contributed by atoms with Crippen molar-refractivity contribution in [3.63, 3.8) is 0 Å². The molecule has 0 aliphatic carbocycles. The van der Waals surface area contributed by atoms with Crippen LogP contribution in [0.3, 0.4) is 0 Å². The maximum atomic E-state index is 6.04. The average molecular weight is 334 g/mol. The molecule has 2 aromatic rings. The topological polar surface area (TPSA) is 35.2 Å². The number of rotatable bonds is 5. The van der Waals surface area contributed by atoms with Crippen molar-refractivity contribution in [2.24, 2.45) is 5.73 Å². The first-order valence-electron chi connectivity index (χ1n) is 6.78. The molecule has 0 amide bonds. The molecule has 0 aromatic heterocycles. The maximum Gasteiger partial charge on any atom is 0.137 e. The van der Waals surface area contributed by atoms with E-state index in [9.17, 15) is 0 Å². The normalized spacial score (nSPS) is 10.6. The fourth-order valence-corrected chi connectivity index (χ4v) is 2.69. The molecule has 0 spiro atoms. The predicted octanol–water partition coefficient (Wildman–Crippen LogP) is 4.15. The average Bonchev–Trinajstić information content (AvgIpc) is 2.42. The lowest BCUT2D eigenvalue weighted by Gasteiger charge is -2.14. The van der Waals surface area contributed by atoms with Crippen LogP contribution in [-0.4, -0.2) is 6.54 Å². The van der Waals surface area contributed by atoms with Crippen molar-refractivity contribution in [3.8, 4) is 5.75 Å². The molecule has 0 bridgehead atoms. The molecule has 2 nitrogen and oxygen atoms in total. The summed E-state index contributed by atoms with van der Waals surface area (Å²) in [6.07, 6.45) is 0.821. The molecule has 0 atom stereocenters. The summed E-state index contributed by atoms with van der Waals surface area (Å²) in [7, 11) is 0. The fourth-order valence-electron chi connectivity index (χ4n) is 2.17. The van der Waals surface area contributed by atoms with Gasteiger partial charge in [-0.1, -0.05) is 35.9 Å². The zero-order chi connectivity index (χ0) is 14.5. The largest absolute Gasteiger partial charge is 0.487 e. The van der Waals surface area contributed by atoms with E-state index in [1.54, 1.807) is 0 Å². The Morgan fingerprint density at radius 1 is 1.10 bits per heavy atom. The highest BCUT2D eigenvalue weighted by Crippen LogP contribution is 2.30. The summed E-state index contributed by atoms with van der Waals surface area (Å²) >= 11 is 3.56. The van der Waals surface area contributed by atoms with Crippen LogP contribution in [0.4, 0.5) is 0 Å². The molecule has 0 aliphatic rings. The van der Waals surface area contributed by atoms with Gasteiger partial charge in [0.2, 0.25) is 0 Å². The summed E-state index contributed by atoms with van der Waals surface area (Å²) in [6, 6.07) is 12.5. The third-order valence-corrected chi connectivity index (χ3v) is 3.96. The van der Waals surface area contributed by atoms with Crippen LogP contribution in [-0.2, 0) is 13.0 Å². The zero-order valence-electron chi connectivity index (χ0n) is 11.9. The van der Waals surface area contributed by atoms with E-state index in [1.807, 2.05) is 12.1 Å². The van der Waals surface area contributed by atoms with Crippen LogP contribution in [0.2, 0.25) is 0 Å². The minimum Gasteiger partial charge on any atom is -0.487 e. The van der Waals surface area contributed by atoms with Gasteiger partial charge in [-0.05, 0) is 65.5 Å². The number of ether oxygens (including phenoxy) is 1. The molecule has 0 saturated heterocycles. The third-order valence-electron chi connectivity index (χ3n) is 3.34. The Balaban J connectivity index is 2.20. The molecule has 2 aromatic carbocycles. The summed E-state index contributed by atoms with van der Waals surface area (Å²) in [5.41, 5.74) is 10.5. The van der Waals surface area contributed by atoms with Gasteiger partial charge in [-0.15, -0.1) is 0 Å². The Morgan fingerprint density at radius 2 is 1.90 bits per heavy atom. The van der Waals surface area contributed by atoms with E-state index >= 15 is 0 Å². The van der Waals surface area contributed by atoms with Gasteiger partial charge >= 0.3 is 0 Å². The molecular formula is C17H20BrNO. The SMILES string of the molecule is Cc1ccc(C)c(COc2c(Br)cccc2CCN)c1. The number of hydrogen-bond donors (Lipinski definition) is 1. The van der Waals surface area contributed by atoms with Gasteiger partial charge in [-0.3, -0.25) is 0 Å². The number of nitrogens with two attached hydrogens (primary N) is 1. The van der Waals surface area contributed by atoms with Crippen molar-refractivity contribution >= 4 is 15.9 Å². The van der Waals surface area contributed by atoms with E-state index in [-0.39, 0.29) is 0 Å². The molecule has 0 radical (unpaired) electrons. The van der Waals surface area contributed by atoms with Crippen LogP contribution >= 0.6 is 15.9 Å². The molecule has 0 aliphatic heterocycles. The van der Waals surface area contributed by atoms with Gasteiger partial charge in [0.15, 0.2) is 0 Å². The second-order valence-electron chi connectivity index (χ2n) is 4.99. The molecule has 0 heterocycles. The molecule has 2 N–H and O–H groups in total. The first-order chi connectivity index (χ1) is 9.61. The zero-order valence-corrected chi connectivity index (χ0v) is 13.5. The Hall–Kier alpha value is -1.32. The highest BCUT2D eigenvalue weighted by Gasteiger charge is 2.08. The van der Waals surface area contributed by atoms with Gasteiger partial charge in [-0.2, -0.15) is 0 Å². The highest BCUT2D eigenvalue weighted by atomic mass is 79.9. The molecular weight excluding hydrogens is 314 g/mol. The second-order valence-corrected chi connectivity index (χ2v) is 5.84. The van der Waals surface area contributed by atoms with Crippen LogP contribution in [0.5, 0.6) is 5.75 Å². The number of hydrogen-bond acceptors (Lipinski definition) is 2. The minimum atomic E-state index is 0.577. The Labute approximate surface area is 129 Å². The van der Waals surface area contributed by atoms with E-state index in [2.05, 4.69) is 54.0 Å². The third kappa shape index (κ3) is 3.62. The molecule has 3 heteroatoms. The summed E-state index contributed by atoms with van der Waals surface area (Å²) < 4.78 is 7.02. The minimum absolute atomic E-state index is 0.577. The number of aryl methyl sites for hydroxylation is 2. The number of para-hydroxylation sites is 1. The summed E-state index contributed by atoms with van der Waals surface area (Å²) in [5.74, 6) is 0.902. The monoisotopic (exact) mass is 333 g/mol. The number of benzene rings is 2. The van der Waals surface area contributed by atoms with Crippen LogP contribution in [0.1, 0.15) is 22.3 Å². The van der Waals surface area contributed by atoms with Crippen LogP contribution in [0.15, 0.2) is 40.9 Å². The van der Waals surface area contributed by atoms with E-state index in [0.717, 1.165) is 22.2 Å². The van der Waals surface area contributed by atoms with Gasteiger partial charge in [0.05, 0.1) is 4.47 Å². The van der Waals surface area contributed by atoms with Gasteiger partial charge in [0, 0.05) is 0 Å². The van der Waals surface area contributed by atoms with Crippen molar-refractivity contribution in [1.29, 1.82) is 0 Å². The van der Waals surface area contributed by atoms with E-state index in [4.69, 9.17) is 10.5 Å². The van der Waals surface area contributed by atoms with Gasteiger partial charge in [0.25, 0.3) is 0 Å². The van der Waals surface area contributed by atoms with Crippen molar-refractivity contribution < 1.29 is 4.74 Å². The first kappa shape index (κ1) is 15.1. The van der Waals surface area contributed by atoms with Crippen LogP contribution in [0, 0.1) is 13.8 Å². The Kier molecular flexibility index (Phi) is 5.21. The smallest absolute Gasteiger partial charge is 0.137 e. The lowest BCUT2D eigenvalue weighted by molar-refractivity contribution is 0.300. The fraction of sp³-hybridized carbons (Fsp3) is 0.294. The van der Waals surface area contributed by atoms with Crippen LogP contribution < -0.4 is 10.5 Å². The van der Waals surface area contributed by atoms with Crippen molar-refractivity contribution in [2.75, 3.05) is 6.54 Å². The maximum absolute atomic E-state index is 6.04. The van der Waals surface area contributed by atoms with Crippen molar-refractivity contribution in [3.05, 3.63) is 63.1 Å². The quantitative estimate of drug-likeness (QED) is 0.892. The van der Waals surface area contributed by atoms with E-state index in [1.165, 1.54) is 16.7 Å². The van der Waals surface area contributed by atoms with E-state index in [0.29, 0.717) is 13.2 Å². The molecule has 106 valence electrons. The molecule has 0 fully saturated rings. The van der Waals surface area contributed by atoms with Crippen LogP contribution in [0.25, 0.3) is 0 Å². The second kappa shape index (κ2) is 6.91. The van der Waals surface area contributed by atoms with Gasteiger partial charge in [-0.25, -0.2) is 0 Å². The predicted molar refractivity (Wildman–Crippen MR) is 87.1 cm³/mol. The number of halogens is 1. The highest BCUT2D eigenvalue weighted by molar-refractivity contribution is 9.10. The standard InChI is InChI=1S/C17H20BrNO/c1-12-6-7-13(2)15(10-12)11-20-17-14(8-9-19)4-3-5-16(17)18/h3-7,10H,8-9,11,19H2,1-2H3. The van der Waals surface area contributed by atoms with Crippen molar-refractivity contribution in [1.82, 2.24) is 0 Å². The Morgan fingerprint density at radius 3 is 2.65 bits per heavy atom. The first-order valence-corrected chi connectivity index (χ1v) is 7.57. The van der Waals surface area contributed by atoms with Gasteiger partial charge in [0.1, 0.15) is 12.4 Å².